The lowest BCUT2D eigenvalue weighted by Gasteiger charge is -2.29. The van der Waals surface area contributed by atoms with E-state index in [0.29, 0.717) is 0 Å². The fourth-order valence-corrected chi connectivity index (χ4v) is 0.658. The summed E-state index contributed by atoms with van der Waals surface area (Å²) in [6, 6.07) is 0. The summed E-state index contributed by atoms with van der Waals surface area (Å²) in [6.07, 6.45) is -1.80. The predicted octanol–water partition coefficient (Wildman–Crippen LogP) is -2.67. The molecule has 13 heavy (non-hydrogen) atoms. The molecular weight excluding hydrogens is 180 g/mol. The fraction of sp³-hybridized carbons (Fsp3) is 1.00. The molecular formula is C5H16N4O4. The van der Waals surface area contributed by atoms with E-state index in [9.17, 15) is 0 Å². The summed E-state index contributed by atoms with van der Waals surface area (Å²) in [6.45, 7) is -0.722. The molecule has 0 amide bonds. The number of nitrogens with two attached hydrogens (primary N) is 4. The summed E-state index contributed by atoms with van der Waals surface area (Å²) in [5, 5.41) is 0. The zero-order valence-electron chi connectivity index (χ0n) is 7.27. The molecule has 0 bridgehead atoms. The largest absolute Gasteiger partial charge is 0.417 e. The van der Waals surface area contributed by atoms with Gasteiger partial charge in [-0.2, -0.15) is 0 Å². The van der Waals surface area contributed by atoms with Crippen molar-refractivity contribution in [2.24, 2.45) is 22.9 Å². The van der Waals surface area contributed by atoms with Gasteiger partial charge in [0.05, 0.1) is 0 Å². The Hall–Kier alpha value is -0.320. The topological polar surface area (TPSA) is 141 Å². The van der Waals surface area contributed by atoms with Gasteiger partial charge in [-0.1, -0.05) is 0 Å². The highest BCUT2D eigenvalue weighted by molar-refractivity contribution is 4.39. The van der Waals surface area contributed by atoms with E-state index in [0.717, 1.165) is 0 Å². The number of hydrogen-bond donors (Lipinski definition) is 4. The quantitative estimate of drug-likeness (QED) is 0.308. The highest BCUT2D eigenvalue weighted by Gasteiger charge is 2.34. The molecule has 0 atom stereocenters. The van der Waals surface area contributed by atoms with Gasteiger partial charge in [0, 0.05) is 0 Å². The second kappa shape index (κ2) is 7.12. The Bertz CT molecular complexity index is 95.6. The fourth-order valence-electron chi connectivity index (χ4n) is 0.658. The monoisotopic (exact) mass is 196 g/mol. The van der Waals surface area contributed by atoms with Gasteiger partial charge in [-0.25, -0.2) is 0 Å². The van der Waals surface area contributed by atoms with Crippen LogP contribution in [-0.4, -0.2) is 33.1 Å². The molecule has 0 aliphatic heterocycles. The van der Waals surface area contributed by atoms with Crippen LogP contribution in [0.5, 0.6) is 0 Å². The first kappa shape index (κ1) is 12.7. The van der Waals surface area contributed by atoms with E-state index in [1.165, 1.54) is 0 Å². The zero-order valence-corrected chi connectivity index (χ0v) is 7.27. The Balaban J connectivity index is 4.19. The molecule has 0 aliphatic rings. The van der Waals surface area contributed by atoms with Crippen molar-refractivity contribution in [3.05, 3.63) is 0 Å². The lowest BCUT2D eigenvalue weighted by atomic mass is 10.9. The van der Waals surface area contributed by atoms with Crippen molar-refractivity contribution < 1.29 is 18.9 Å². The minimum absolute atomic E-state index is 0.181. The maximum Gasteiger partial charge on any atom is 0.417 e. The molecule has 80 valence electrons. The van der Waals surface area contributed by atoms with Crippen LogP contribution in [0.1, 0.15) is 0 Å². The zero-order chi connectivity index (χ0) is 10.2. The molecule has 0 rings (SSSR count). The molecule has 0 aromatic carbocycles. The van der Waals surface area contributed by atoms with Gasteiger partial charge in [0.1, 0.15) is 26.9 Å². The third-order valence-electron chi connectivity index (χ3n) is 1.04. The highest BCUT2D eigenvalue weighted by Crippen LogP contribution is 2.14. The molecule has 0 aromatic heterocycles. The maximum absolute atomic E-state index is 5.12. The van der Waals surface area contributed by atoms with E-state index < -0.39 is 6.16 Å². The maximum atomic E-state index is 5.12. The van der Waals surface area contributed by atoms with Gasteiger partial charge in [-0.3, -0.25) is 18.9 Å². The third-order valence-corrected chi connectivity index (χ3v) is 1.04. The third kappa shape index (κ3) is 4.45. The van der Waals surface area contributed by atoms with E-state index >= 15 is 0 Å². The van der Waals surface area contributed by atoms with Crippen LogP contribution in [0.4, 0.5) is 0 Å². The van der Waals surface area contributed by atoms with E-state index in [1.807, 2.05) is 0 Å². The van der Waals surface area contributed by atoms with E-state index in [2.05, 4.69) is 0 Å². The van der Waals surface area contributed by atoms with E-state index in [4.69, 9.17) is 41.9 Å². The molecule has 0 saturated heterocycles. The van der Waals surface area contributed by atoms with Gasteiger partial charge >= 0.3 is 6.16 Å². The smallest absolute Gasteiger partial charge is 0.308 e. The van der Waals surface area contributed by atoms with Crippen LogP contribution in [0, 0.1) is 0 Å². The summed E-state index contributed by atoms with van der Waals surface area (Å²) in [5.41, 5.74) is 20.5. The molecule has 8 heteroatoms. The SMILES string of the molecule is NCOC(OCN)(OCN)OCN. The molecule has 0 heterocycles. The number of rotatable bonds is 8. The van der Waals surface area contributed by atoms with Gasteiger partial charge in [-0.05, 0) is 0 Å². The van der Waals surface area contributed by atoms with Crippen LogP contribution < -0.4 is 22.9 Å². The second-order valence-electron chi connectivity index (χ2n) is 1.74. The van der Waals surface area contributed by atoms with Gasteiger partial charge in [-0.15, -0.1) is 0 Å². The second-order valence-corrected chi connectivity index (χ2v) is 1.74. The normalized spacial score (nSPS) is 12.0. The summed E-state index contributed by atoms with van der Waals surface area (Å²) < 4.78 is 19.3. The van der Waals surface area contributed by atoms with Crippen LogP contribution in [-0.2, 0) is 18.9 Å². The van der Waals surface area contributed by atoms with Crippen molar-refractivity contribution in [2.45, 2.75) is 6.16 Å². The predicted molar refractivity (Wildman–Crippen MR) is 43.3 cm³/mol. The molecule has 8 N–H and O–H groups in total. The van der Waals surface area contributed by atoms with Crippen molar-refractivity contribution in [3.63, 3.8) is 0 Å². The van der Waals surface area contributed by atoms with Crippen LogP contribution >= 0.6 is 0 Å². The summed E-state index contributed by atoms with van der Waals surface area (Å²) >= 11 is 0. The van der Waals surface area contributed by atoms with Crippen LogP contribution in [0.15, 0.2) is 0 Å². The summed E-state index contributed by atoms with van der Waals surface area (Å²) in [5.74, 6) is 0. The van der Waals surface area contributed by atoms with Gasteiger partial charge in [0.25, 0.3) is 0 Å². The summed E-state index contributed by atoms with van der Waals surface area (Å²) in [4.78, 5) is 0. The molecule has 0 aliphatic carbocycles. The van der Waals surface area contributed by atoms with Crippen LogP contribution in [0.3, 0.4) is 0 Å². The molecule has 0 spiro atoms. The van der Waals surface area contributed by atoms with Crippen molar-refractivity contribution >= 4 is 0 Å². The molecule has 0 radical (unpaired) electrons. The van der Waals surface area contributed by atoms with Gasteiger partial charge in [0.2, 0.25) is 0 Å². The van der Waals surface area contributed by atoms with Crippen molar-refractivity contribution in [3.8, 4) is 0 Å². The first-order valence-corrected chi connectivity index (χ1v) is 3.60. The summed E-state index contributed by atoms with van der Waals surface area (Å²) in [7, 11) is 0. The average molecular weight is 196 g/mol. The van der Waals surface area contributed by atoms with Crippen LogP contribution in [0.25, 0.3) is 0 Å². The Labute approximate surface area is 76.0 Å². The average Bonchev–Trinajstić information content (AvgIpc) is 2.06. The molecule has 0 unspecified atom stereocenters. The minimum Gasteiger partial charge on any atom is -0.308 e. The first-order valence-electron chi connectivity index (χ1n) is 3.60. The molecule has 8 nitrogen and oxygen atoms in total. The Morgan fingerprint density at radius 2 is 0.846 bits per heavy atom. The highest BCUT2D eigenvalue weighted by atomic mass is 17.0. The standard InChI is InChI=1S/C5H16N4O4/c6-1-10-5(11-2-7,12-3-8)13-4-9/h1-4,6-9H2. The van der Waals surface area contributed by atoms with Gasteiger partial charge in [0.15, 0.2) is 0 Å². The Kier molecular flexibility index (Phi) is 6.94. The lowest BCUT2D eigenvalue weighted by Crippen LogP contribution is -2.47. The molecule has 0 aromatic rings. The Morgan fingerprint density at radius 1 is 0.615 bits per heavy atom. The number of ether oxygens (including phenoxy) is 4. The molecule has 0 saturated carbocycles. The van der Waals surface area contributed by atoms with Crippen molar-refractivity contribution in [1.29, 1.82) is 0 Å². The number of hydrogen-bond acceptors (Lipinski definition) is 8. The van der Waals surface area contributed by atoms with Crippen molar-refractivity contribution in [2.75, 3.05) is 26.9 Å². The molecule has 0 fully saturated rings. The van der Waals surface area contributed by atoms with Crippen LogP contribution in [0.2, 0.25) is 0 Å². The minimum atomic E-state index is -1.80. The Morgan fingerprint density at radius 3 is 1.00 bits per heavy atom. The van der Waals surface area contributed by atoms with E-state index in [1.54, 1.807) is 0 Å². The van der Waals surface area contributed by atoms with Gasteiger partial charge < -0.3 is 22.9 Å². The van der Waals surface area contributed by atoms with E-state index in [-0.39, 0.29) is 26.9 Å². The first-order chi connectivity index (χ1) is 6.24. The van der Waals surface area contributed by atoms with Crippen molar-refractivity contribution in [1.82, 2.24) is 0 Å². The lowest BCUT2D eigenvalue weighted by molar-refractivity contribution is -0.498.